The quantitative estimate of drug-likeness (QED) is 0.596. The molecule has 0 heterocycles. The van der Waals surface area contributed by atoms with Crippen molar-refractivity contribution in [2.75, 3.05) is 6.54 Å². The second-order valence-electron chi connectivity index (χ2n) is 7.47. The van der Waals surface area contributed by atoms with Gasteiger partial charge in [0.15, 0.2) is 0 Å². The van der Waals surface area contributed by atoms with Gasteiger partial charge in [0.2, 0.25) is 15.9 Å². The predicted octanol–water partition coefficient (Wildman–Crippen LogP) is 4.48. The number of sulfonamides is 1. The first kappa shape index (κ1) is 22.0. The summed E-state index contributed by atoms with van der Waals surface area (Å²) in [5, 5.41) is 3.06. The molecule has 0 aromatic heterocycles. The maximum absolute atomic E-state index is 13.2. The monoisotopic (exact) mass is 478 g/mol. The van der Waals surface area contributed by atoms with Gasteiger partial charge in [0.1, 0.15) is 0 Å². The molecule has 2 aromatic rings. The van der Waals surface area contributed by atoms with E-state index in [-0.39, 0.29) is 29.9 Å². The summed E-state index contributed by atoms with van der Waals surface area (Å²) >= 11 is 3.39. The first-order valence-corrected chi connectivity index (χ1v) is 12.3. The van der Waals surface area contributed by atoms with Gasteiger partial charge < -0.3 is 5.32 Å². The number of rotatable bonds is 7. The Morgan fingerprint density at radius 3 is 2.21 bits per heavy atom. The van der Waals surface area contributed by atoms with Crippen LogP contribution in [0.1, 0.15) is 44.1 Å². The van der Waals surface area contributed by atoms with E-state index in [0.29, 0.717) is 0 Å². The summed E-state index contributed by atoms with van der Waals surface area (Å²) in [5.41, 5.74) is 0.829. The molecule has 156 valence electrons. The number of hydrogen-bond donors (Lipinski definition) is 1. The summed E-state index contributed by atoms with van der Waals surface area (Å²) in [5.74, 6) is -0.242. The predicted molar refractivity (Wildman–Crippen MR) is 118 cm³/mol. The van der Waals surface area contributed by atoms with Gasteiger partial charge in [0.25, 0.3) is 0 Å². The molecule has 3 rings (SSSR count). The van der Waals surface area contributed by atoms with Crippen molar-refractivity contribution in [2.24, 2.45) is 0 Å². The van der Waals surface area contributed by atoms with E-state index in [2.05, 4.69) is 21.2 Å². The normalized spacial score (nSPS) is 15.8. The minimum Gasteiger partial charge on any atom is -0.352 e. The lowest BCUT2D eigenvalue weighted by Crippen LogP contribution is -2.43. The van der Waals surface area contributed by atoms with Crippen LogP contribution >= 0.6 is 15.9 Å². The maximum atomic E-state index is 13.2. The van der Waals surface area contributed by atoms with E-state index in [1.807, 2.05) is 24.3 Å². The molecule has 7 heteroatoms. The Kier molecular flexibility index (Phi) is 7.86. The first-order valence-electron chi connectivity index (χ1n) is 10.0. The number of benzene rings is 2. The fraction of sp³-hybridized carbons (Fsp3) is 0.409. The van der Waals surface area contributed by atoms with Crippen LogP contribution in [0.15, 0.2) is 64.0 Å². The molecule has 0 atom stereocenters. The number of carbonyl (C=O) groups excluding carboxylic acids is 1. The molecule has 0 radical (unpaired) electrons. The van der Waals surface area contributed by atoms with Crippen molar-refractivity contribution >= 4 is 31.9 Å². The molecule has 0 aliphatic heterocycles. The lowest BCUT2D eigenvalue weighted by molar-refractivity contribution is -0.122. The van der Waals surface area contributed by atoms with Gasteiger partial charge in [-0.05, 0) is 42.7 Å². The molecular formula is C22H27BrN2O3S. The number of carbonyl (C=O) groups is 1. The summed E-state index contributed by atoms with van der Waals surface area (Å²) in [6, 6.07) is 15.9. The molecule has 1 N–H and O–H groups in total. The molecule has 0 unspecified atom stereocenters. The lowest BCUT2D eigenvalue weighted by atomic mass is 10.1. The van der Waals surface area contributed by atoms with Crippen LogP contribution in [0, 0.1) is 0 Å². The van der Waals surface area contributed by atoms with Crippen molar-refractivity contribution in [2.45, 2.75) is 56.0 Å². The minimum absolute atomic E-state index is 0.138. The number of hydrogen-bond acceptors (Lipinski definition) is 3. The van der Waals surface area contributed by atoms with Gasteiger partial charge in [0.05, 0.1) is 11.4 Å². The Bertz CT molecular complexity index is 893. The molecule has 1 aliphatic carbocycles. The fourth-order valence-corrected chi connectivity index (χ4v) is 5.29. The van der Waals surface area contributed by atoms with Crippen LogP contribution in [0.4, 0.5) is 0 Å². The largest absolute Gasteiger partial charge is 0.352 e. The summed E-state index contributed by atoms with van der Waals surface area (Å²) in [6.45, 7) is -0.0492. The van der Waals surface area contributed by atoms with Crippen LogP contribution in [0.5, 0.6) is 0 Å². The number of nitrogens with zero attached hydrogens (tertiary/aromatic N) is 1. The molecule has 0 bridgehead atoms. The highest BCUT2D eigenvalue weighted by Crippen LogP contribution is 2.20. The number of nitrogens with one attached hydrogen (secondary N) is 1. The van der Waals surface area contributed by atoms with Crippen molar-refractivity contribution in [3.63, 3.8) is 0 Å². The van der Waals surface area contributed by atoms with Gasteiger partial charge in [-0.15, -0.1) is 0 Å². The van der Waals surface area contributed by atoms with Crippen molar-refractivity contribution in [1.82, 2.24) is 9.62 Å². The van der Waals surface area contributed by atoms with Gasteiger partial charge in [-0.3, -0.25) is 4.79 Å². The van der Waals surface area contributed by atoms with Gasteiger partial charge in [0, 0.05) is 17.1 Å². The second kappa shape index (κ2) is 10.4. The average Bonchev–Trinajstić information content (AvgIpc) is 2.98. The maximum Gasteiger partial charge on any atom is 0.243 e. The Balaban J connectivity index is 1.78. The third-order valence-corrected chi connectivity index (χ3v) is 7.53. The van der Waals surface area contributed by atoms with E-state index in [1.165, 1.54) is 17.1 Å². The van der Waals surface area contributed by atoms with E-state index in [9.17, 15) is 13.2 Å². The second-order valence-corrected chi connectivity index (χ2v) is 10.3. The molecule has 29 heavy (non-hydrogen) atoms. The molecule has 1 saturated carbocycles. The van der Waals surface area contributed by atoms with E-state index in [4.69, 9.17) is 0 Å². The van der Waals surface area contributed by atoms with Crippen LogP contribution in [0.2, 0.25) is 0 Å². The van der Waals surface area contributed by atoms with Gasteiger partial charge in [-0.1, -0.05) is 71.9 Å². The first-order chi connectivity index (χ1) is 13.9. The summed E-state index contributed by atoms with van der Waals surface area (Å²) in [6.07, 6.45) is 6.54. The van der Waals surface area contributed by atoms with E-state index in [1.54, 1.807) is 30.3 Å². The van der Waals surface area contributed by atoms with Crippen molar-refractivity contribution in [3.05, 3.63) is 64.6 Å². The molecule has 0 saturated heterocycles. The molecule has 1 fully saturated rings. The Hall–Kier alpha value is -1.70. The Labute approximate surface area is 181 Å². The zero-order valence-electron chi connectivity index (χ0n) is 16.4. The summed E-state index contributed by atoms with van der Waals surface area (Å²) < 4.78 is 28.6. The Morgan fingerprint density at radius 2 is 1.59 bits per heavy atom. The summed E-state index contributed by atoms with van der Waals surface area (Å²) in [7, 11) is -3.79. The zero-order chi connectivity index (χ0) is 20.7. The molecule has 1 amide bonds. The zero-order valence-corrected chi connectivity index (χ0v) is 18.8. The van der Waals surface area contributed by atoms with Crippen LogP contribution in [-0.4, -0.2) is 31.2 Å². The topological polar surface area (TPSA) is 66.5 Å². The summed E-state index contributed by atoms with van der Waals surface area (Å²) in [4.78, 5) is 12.9. The molecular weight excluding hydrogens is 452 g/mol. The van der Waals surface area contributed by atoms with E-state index >= 15 is 0 Å². The van der Waals surface area contributed by atoms with E-state index in [0.717, 1.165) is 35.7 Å². The van der Waals surface area contributed by atoms with Crippen LogP contribution in [0.25, 0.3) is 0 Å². The standard InChI is InChI=1S/C22H27BrN2O3S/c23-19-14-12-18(13-15-19)16-25(29(27,28)21-10-6-3-7-11-21)17-22(26)24-20-8-4-1-2-5-9-20/h3,6-7,10-15,20H,1-2,4-5,8-9,16-17H2,(H,24,26). The van der Waals surface area contributed by atoms with Crippen LogP contribution in [0.3, 0.4) is 0 Å². The average molecular weight is 479 g/mol. The van der Waals surface area contributed by atoms with Crippen LogP contribution in [-0.2, 0) is 21.4 Å². The van der Waals surface area contributed by atoms with Gasteiger partial charge >= 0.3 is 0 Å². The molecule has 2 aromatic carbocycles. The SMILES string of the molecule is O=C(CN(Cc1ccc(Br)cc1)S(=O)(=O)c1ccccc1)NC1CCCCCC1. The van der Waals surface area contributed by atoms with Gasteiger partial charge in [-0.25, -0.2) is 8.42 Å². The molecule has 5 nitrogen and oxygen atoms in total. The smallest absolute Gasteiger partial charge is 0.243 e. The van der Waals surface area contributed by atoms with Gasteiger partial charge in [-0.2, -0.15) is 4.31 Å². The minimum atomic E-state index is -3.79. The third kappa shape index (κ3) is 6.39. The van der Waals surface area contributed by atoms with Crippen LogP contribution < -0.4 is 5.32 Å². The number of halogens is 1. The third-order valence-electron chi connectivity index (χ3n) is 5.19. The molecule has 0 spiro atoms. The highest BCUT2D eigenvalue weighted by Gasteiger charge is 2.27. The molecule has 1 aliphatic rings. The van der Waals surface area contributed by atoms with Crippen molar-refractivity contribution in [3.8, 4) is 0 Å². The van der Waals surface area contributed by atoms with Crippen molar-refractivity contribution < 1.29 is 13.2 Å². The highest BCUT2D eigenvalue weighted by atomic mass is 79.9. The number of amides is 1. The van der Waals surface area contributed by atoms with Crippen molar-refractivity contribution in [1.29, 1.82) is 0 Å². The lowest BCUT2D eigenvalue weighted by Gasteiger charge is -2.24. The van der Waals surface area contributed by atoms with E-state index < -0.39 is 10.0 Å². The fourth-order valence-electron chi connectivity index (χ4n) is 3.62. The highest BCUT2D eigenvalue weighted by molar-refractivity contribution is 9.10. The Morgan fingerprint density at radius 1 is 0.966 bits per heavy atom.